The first-order valence-corrected chi connectivity index (χ1v) is 11.4. The van der Waals surface area contributed by atoms with E-state index in [1.54, 1.807) is 0 Å². The molecule has 0 fully saturated rings. The second kappa shape index (κ2) is 10.0. The second-order valence-electron chi connectivity index (χ2n) is 8.79. The van der Waals surface area contributed by atoms with Crippen LogP contribution in [-0.4, -0.2) is 17.6 Å². The fraction of sp³-hybridized carbons (Fsp3) is 0.393. The minimum Gasteiger partial charge on any atom is -0.479 e. The van der Waals surface area contributed by atoms with Gasteiger partial charge in [0.25, 0.3) is 5.97 Å². The zero-order chi connectivity index (χ0) is 22.3. The number of carbonyl (C=O) groups excluding carboxylic acids is 1. The van der Waals surface area contributed by atoms with Crippen molar-refractivity contribution in [1.29, 1.82) is 0 Å². The first kappa shape index (κ1) is 24.9. The number of benzene rings is 1. The molecule has 1 aliphatic carbocycles. The van der Waals surface area contributed by atoms with Gasteiger partial charge in [0, 0.05) is 36.5 Å². The Hall–Kier alpha value is -1.76. The van der Waals surface area contributed by atoms with Gasteiger partial charge in [0.05, 0.1) is 17.8 Å². The van der Waals surface area contributed by atoms with Crippen molar-refractivity contribution >= 4 is 22.4 Å². The Morgan fingerprint density at radius 1 is 1.22 bits per heavy atom. The molecule has 1 aromatic carbocycles. The van der Waals surface area contributed by atoms with Crippen molar-refractivity contribution < 1.29 is 40.6 Å². The van der Waals surface area contributed by atoms with Gasteiger partial charge in [0.15, 0.2) is 0 Å². The summed E-state index contributed by atoms with van der Waals surface area (Å²) in [5.74, 6) is 0.505. The molecule has 166 valence electrons. The average molecular weight is 653 g/mol. The number of aryl methyl sites for hydroxylation is 3. The first-order chi connectivity index (χ1) is 14.9. The van der Waals surface area contributed by atoms with E-state index >= 15 is 0 Å². The quantitative estimate of drug-likeness (QED) is 0.277. The molecule has 4 heteroatoms. The number of hydrogen-bond donors (Lipinski definition) is 0. The molecule has 2 heterocycles. The van der Waals surface area contributed by atoms with Crippen LogP contribution in [-0.2, 0) is 28.8 Å². The van der Waals surface area contributed by atoms with Gasteiger partial charge in [-0.15, -0.1) is 17.7 Å². The minimum absolute atomic E-state index is 0. The summed E-state index contributed by atoms with van der Waals surface area (Å²) in [5, 5.41) is 1.38. The summed E-state index contributed by atoms with van der Waals surface area (Å²) in [5.41, 5.74) is 11.8. The SMILES string of the molecule is C=C(C)C1=C(/C=C(\C)c2nc3ccc(C)c4c3c(c2CC)CCC4)[C-](CC)C(=O)OC1.[U]. The summed E-state index contributed by atoms with van der Waals surface area (Å²) in [6.07, 6.45) is 7.16. The number of ether oxygens (including phenoxy) is 1. The zero-order valence-corrected chi connectivity index (χ0v) is 24.1. The summed E-state index contributed by atoms with van der Waals surface area (Å²) in [6, 6.07) is 4.37. The summed E-state index contributed by atoms with van der Waals surface area (Å²) >= 11 is 0. The van der Waals surface area contributed by atoms with E-state index in [4.69, 9.17) is 9.72 Å². The number of hydrogen-bond acceptors (Lipinski definition) is 3. The molecule has 0 saturated heterocycles. The van der Waals surface area contributed by atoms with E-state index in [-0.39, 0.29) is 43.7 Å². The predicted molar refractivity (Wildman–Crippen MR) is 128 cm³/mol. The van der Waals surface area contributed by atoms with Crippen LogP contribution >= 0.6 is 0 Å². The Labute approximate surface area is 215 Å². The van der Waals surface area contributed by atoms with Crippen molar-refractivity contribution in [3.05, 3.63) is 75.4 Å². The first-order valence-electron chi connectivity index (χ1n) is 11.4. The van der Waals surface area contributed by atoms with Crippen LogP contribution in [0.25, 0.3) is 16.5 Å². The van der Waals surface area contributed by atoms with Gasteiger partial charge in [-0.25, -0.2) is 4.98 Å². The predicted octanol–water partition coefficient (Wildman–Crippen LogP) is 6.41. The molecule has 4 rings (SSSR count). The van der Waals surface area contributed by atoms with Crippen LogP contribution < -0.4 is 0 Å². The zero-order valence-electron chi connectivity index (χ0n) is 19.9. The van der Waals surface area contributed by atoms with Crippen LogP contribution in [0.4, 0.5) is 0 Å². The number of allylic oxidation sites excluding steroid dienone is 2. The van der Waals surface area contributed by atoms with Gasteiger partial charge in [0.1, 0.15) is 0 Å². The molecule has 32 heavy (non-hydrogen) atoms. The normalized spacial score (nSPS) is 16.2. The fourth-order valence-electron chi connectivity index (χ4n) is 5.14. The Kier molecular flexibility index (Phi) is 7.79. The molecule has 0 amide bonds. The molecule has 2 aliphatic rings. The largest absolute Gasteiger partial charge is 0.479 e. The Morgan fingerprint density at radius 2 is 1.94 bits per heavy atom. The second-order valence-corrected chi connectivity index (χ2v) is 8.79. The monoisotopic (exact) mass is 652 g/mol. The summed E-state index contributed by atoms with van der Waals surface area (Å²) in [6.45, 7) is 14.9. The van der Waals surface area contributed by atoms with Crippen molar-refractivity contribution in [3.63, 3.8) is 0 Å². The van der Waals surface area contributed by atoms with Gasteiger partial charge in [-0.2, -0.15) is 11.6 Å². The maximum atomic E-state index is 12.4. The molecule has 1 aromatic heterocycles. The Morgan fingerprint density at radius 3 is 2.59 bits per heavy atom. The number of carbonyl (C=O) groups is 1. The van der Waals surface area contributed by atoms with Gasteiger partial charge in [0.2, 0.25) is 0 Å². The van der Waals surface area contributed by atoms with Crippen molar-refractivity contribution in [3.8, 4) is 0 Å². The van der Waals surface area contributed by atoms with Crippen LogP contribution in [0.3, 0.4) is 0 Å². The third-order valence-electron chi connectivity index (χ3n) is 6.76. The number of pyridine rings is 1. The molecule has 0 bridgehead atoms. The van der Waals surface area contributed by atoms with Gasteiger partial charge in [-0.3, -0.25) is 4.79 Å². The van der Waals surface area contributed by atoms with Crippen LogP contribution in [0.2, 0.25) is 0 Å². The fourth-order valence-corrected chi connectivity index (χ4v) is 5.14. The van der Waals surface area contributed by atoms with Crippen LogP contribution in [0.5, 0.6) is 0 Å². The molecule has 0 spiro atoms. The van der Waals surface area contributed by atoms with E-state index in [9.17, 15) is 4.79 Å². The number of esters is 1. The molecule has 0 radical (unpaired) electrons. The summed E-state index contributed by atoms with van der Waals surface area (Å²) in [7, 11) is 0. The summed E-state index contributed by atoms with van der Waals surface area (Å²) in [4.78, 5) is 17.6. The minimum atomic E-state index is -0.219. The molecule has 1 aliphatic heterocycles. The average Bonchev–Trinajstić information content (AvgIpc) is 2.75. The molecule has 0 saturated carbocycles. The van der Waals surface area contributed by atoms with E-state index in [2.05, 4.69) is 45.6 Å². The molecule has 2 aromatic rings. The van der Waals surface area contributed by atoms with E-state index in [0.29, 0.717) is 6.42 Å². The maximum absolute atomic E-state index is 12.4. The van der Waals surface area contributed by atoms with Crippen molar-refractivity contribution in [1.82, 2.24) is 4.98 Å². The molecule has 0 atom stereocenters. The molecular weight excluding hydrogens is 620 g/mol. The number of rotatable bonds is 5. The Bertz CT molecular complexity index is 1160. The molecular formula is C28H32NO2U-. The Balaban J connectivity index is 0.00000289. The van der Waals surface area contributed by atoms with E-state index in [1.165, 1.54) is 34.1 Å². The number of aromatic nitrogens is 1. The van der Waals surface area contributed by atoms with Crippen LogP contribution in [0, 0.1) is 44.0 Å². The summed E-state index contributed by atoms with van der Waals surface area (Å²) < 4.78 is 5.40. The third kappa shape index (κ3) is 4.25. The van der Waals surface area contributed by atoms with E-state index in [0.717, 1.165) is 58.7 Å². The smallest absolute Gasteiger partial charge is 0.277 e. The van der Waals surface area contributed by atoms with Crippen molar-refractivity contribution in [2.45, 2.75) is 66.7 Å². The van der Waals surface area contributed by atoms with Crippen LogP contribution in [0.15, 0.2) is 41.5 Å². The standard InChI is InChI=1S/C28H32NO2.U/c1-7-19-22-11-9-10-21-17(5)12-13-25(26(21)22)29-27(19)18(6)14-23-20(8-2)28(30)31-15-24(23)16(3)4;/h12-14H,3,7-11,15H2,1-2,4-6H3;/q-1;/b18-14+;. The van der Waals surface area contributed by atoms with E-state index in [1.807, 2.05) is 13.8 Å². The van der Waals surface area contributed by atoms with Gasteiger partial charge in [-0.05, 0) is 67.9 Å². The van der Waals surface area contributed by atoms with Gasteiger partial charge in [-0.1, -0.05) is 44.7 Å². The molecule has 3 nitrogen and oxygen atoms in total. The van der Waals surface area contributed by atoms with Crippen molar-refractivity contribution in [2.24, 2.45) is 0 Å². The van der Waals surface area contributed by atoms with E-state index < -0.39 is 0 Å². The van der Waals surface area contributed by atoms with Gasteiger partial charge >= 0.3 is 0 Å². The number of cyclic esters (lactones) is 1. The third-order valence-corrected chi connectivity index (χ3v) is 6.76. The maximum Gasteiger partial charge on any atom is 0.277 e. The number of nitrogens with zero attached hydrogens (tertiary/aromatic N) is 1. The molecule has 0 N–H and O–H groups in total. The van der Waals surface area contributed by atoms with Gasteiger partial charge < -0.3 is 4.74 Å². The van der Waals surface area contributed by atoms with Crippen molar-refractivity contribution in [2.75, 3.05) is 6.61 Å². The molecule has 0 unspecified atom stereocenters. The topological polar surface area (TPSA) is 39.2 Å². The van der Waals surface area contributed by atoms with Crippen LogP contribution in [0.1, 0.15) is 68.5 Å².